The number of benzene rings is 1. The van der Waals surface area contributed by atoms with E-state index >= 15 is 0 Å². The zero-order valence-corrected chi connectivity index (χ0v) is 14.8. The quantitative estimate of drug-likeness (QED) is 0.693. The maximum atomic E-state index is 12.4. The standard InChI is InChI=1S/C18H27NO5/c1-5-15-7-6-8-16(9-15)24-12-17(21)19(11-14(3)20)10-13(2)18(22)23-4/h6-9,13-14,20H,5,10-12H2,1-4H3. The Labute approximate surface area is 143 Å². The van der Waals surface area contributed by atoms with Gasteiger partial charge >= 0.3 is 5.97 Å². The molecule has 1 aromatic rings. The van der Waals surface area contributed by atoms with Crippen molar-refractivity contribution < 1.29 is 24.2 Å². The molecule has 2 atom stereocenters. The summed E-state index contributed by atoms with van der Waals surface area (Å²) in [5, 5.41) is 9.58. The SMILES string of the molecule is CCc1cccc(OCC(=O)N(CC(C)O)CC(C)C(=O)OC)c1. The van der Waals surface area contributed by atoms with Gasteiger partial charge in [-0.1, -0.05) is 26.0 Å². The Bertz CT molecular complexity index is 544. The molecule has 6 nitrogen and oxygen atoms in total. The lowest BCUT2D eigenvalue weighted by Gasteiger charge is -2.26. The Morgan fingerprint density at radius 1 is 1.25 bits per heavy atom. The predicted molar refractivity (Wildman–Crippen MR) is 90.8 cm³/mol. The summed E-state index contributed by atoms with van der Waals surface area (Å²) in [5.74, 6) is -0.523. The zero-order chi connectivity index (χ0) is 18.1. The topological polar surface area (TPSA) is 76.1 Å². The van der Waals surface area contributed by atoms with Crippen LogP contribution in [0.2, 0.25) is 0 Å². The molecule has 0 aliphatic carbocycles. The number of aliphatic hydroxyl groups excluding tert-OH is 1. The van der Waals surface area contributed by atoms with Gasteiger partial charge in [-0.15, -0.1) is 0 Å². The normalized spacial score (nSPS) is 13.0. The van der Waals surface area contributed by atoms with Crippen LogP contribution in [-0.4, -0.2) is 54.8 Å². The van der Waals surface area contributed by atoms with Gasteiger partial charge in [-0.2, -0.15) is 0 Å². The van der Waals surface area contributed by atoms with Gasteiger partial charge in [0.15, 0.2) is 6.61 Å². The molecule has 0 saturated carbocycles. The van der Waals surface area contributed by atoms with Crippen LogP contribution in [-0.2, 0) is 20.7 Å². The number of hydrogen-bond donors (Lipinski definition) is 1. The van der Waals surface area contributed by atoms with Crippen LogP contribution in [0.4, 0.5) is 0 Å². The van der Waals surface area contributed by atoms with Crippen LogP contribution < -0.4 is 4.74 Å². The van der Waals surface area contributed by atoms with E-state index in [0.29, 0.717) is 5.75 Å². The van der Waals surface area contributed by atoms with E-state index in [1.54, 1.807) is 19.9 Å². The molecule has 134 valence electrons. The summed E-state index contributed by atoms with van der Waals surface area (Å²) in [4.78, 5) is 25.4. The van der Waals surface area contributed by atoms with Crippen LogP contribution in [0, 0.1) is 5.92 Å². The van der Waals surface area contributed by atoms with Crippen molar-refractivity contribution in [1.29, 1.82) is 0 Å². The minimum absolute atomic E-state index is 0.137. The van der Waals surface area contributed by atoms with Crippen LogP contribution in [0.3, 0.4) is 0 Å². The number of rotatable bonds is 9. The lowest BCUT2D eigenvalue weighted by molar-refractivity contribution is -0.147. The molecule has 2 unspecified atom stereocenters. The number of ether oxygens (including phenoxy) is 2. The summed E-state index contributed by atoms with van der Waals surface area (Å²) in [6.07, 6.45) is 0.192. The molecule has 0 fully saturated rings. The maximum absolute atomic E-state index is 12.4. The Kier molecular flexibility index (Phi) is 8.26. The van der Waals surface area contributed by atoms with E-state index < -0.39 is 18.0 Å². The number of carbonyl (C=O) groups is 2. The molecule has 0 bridgehead atoms. The third-order valence-corrected chi connectivity index (χ3v) is 3.60. The van der Waals surface area contributed by atoms with Crippen molar-refractivity contribution in [2.24, 2.45) is 5.92 Å². The highest BCUT2D eigenvalue weighted by Gasteiger charge is 2.23. The Hall–Kier alpha value is -2.08. The molecule has 1 N–H and O–H groups in total. The maximum Gasteiger partial charge on any atom is 0.310 e. The van der Waals surface area contributed by atoms with Crippen molar-refractivity contribution in [3.63, 3.8) is 0 Å². The molecule has 0 aliphatic heterocycles. The molecule has 0 saturated heterocycles. The second-order valence-electron chi connectivity index (χ2n) is 5.86. The van der Waals surface area contributed by atoms with Crippen molar-refractivity contribution in [1.82, 2.24) is 4.90 Å². The van der Waals surface area contributed by atoms with E-state index in [-0.39, 0.29) is 25.6 Å². The molecule has 6 heteroatoms. The first-order chi connectivity index (χ1) is 11.4. The van der Waals surface area contributed by atoms with Gasteiger partial charge in [0, 0.05) is 13.1 Å². The minimum atomic E-state index is -0.692. The Morgan fingerprint density at radius 3 is 2.54 bits per heavy atom. The summed E-state index contributed by atoms with van der Waals surface area (Å²) in [6.45, 7) is 5.48. The van der Waals surface area contributed by atoms with Gasteiger partial charge in [0.25, 0.3) is 5.91 Å². The largest absolute Gasteiger partial charge is 0.484 e. The van der Waals surface area contributed by atoms with Gasteiger partial charge in [-0.3, -0.25) is 9.59 Å². The van der Waals surface area contributed by atoms with E-state index in [4.69, 9.17) is 4.74 Å². The number of nitrogens with zero attached hydrogens (tertiary/aromatic N) is 1. The van der Waals surface area contributed by atoms with Gasteiger partial charge < -0.3 is 19.5 Å². The van der Waals surface area contributed by atoms with Crippen molar-refractivity contribution in [2.45, 2.75) is 33.3 Å². The number of hydrogen-bond acceptors (Lipinski definition) is 5. The lowest BCUT2D eigenvalue weighted by Crippen LogP contribution is -2.43. The lowest BCUT2D eigenvalue weighted by atomic mass is 10.1. The van der Waals surface area contributed by atoms with Crippen molar-refractivity contribution in [3.8, 4) is 5.75 Å². The summed E-state index contributed by atoms with van der Waals surface area (Å²) in [7, 11) is 1.31. The third-order valence-electron chi connectivity index (χ3n) is 3.60. The second-order valence-corrected chi connectivity index (χ2v) is 5.86. The molecule has 0 heterocycles. The summed E-state index contributed by atoms with van der Waals surface area (Å²) < 4.78 is 10.2. The van der Waals surface area contributed by atoms with Crippen LogP contribution >= 0.6 is 0 Å². The predicted octanol–water partition coefficient (Wildman–Crippen LogP) is 1.65. The van der Waals surface area contributed by atoms with Crippen molar-refractivity contribution in [2.75, 3.05) is 26.8 Å². The Morgan fingerprint density at radius 2 is 1.96 bits per heavy atom. The van der Waals surface area contributed by atoms with Gasteiger partial charge in [-0.25, -0.2) is 0 Å². The molecule has 0 radical (unpaired) electrons. The highest BCUT2D eigenvalue weighted by atomic mass is 16.5. The number of methoxy groups -OCH3 is 1. The van der Waals surface area contributed by atoms with Crippen LogP contribution in [0.5, 0.6) is 5.75 Å². The molecule has 24 heavy (non-hydrogen) atoms. The van der Waals surface area contributed by atoms with E-state index in [1.165, 1.54) is 12.0 Å². The Balaban J connectivity index is 2.67. The summed E-state index contributed by atoms with van der Waals surface area (Å²) in [6, 6.07) is 7.56. The van der Waals surface area contributed by atoms with E-state index in [9.17, 15) is 14.7 Å². The monoisotopic (exact) mass is 337 g/mol. The number of esters is 1. The highest BCUT2D eigenvalue weighted by Crippen LogP contribution is 2.14. The fraction of sp³-hybridized carbons (Fsp3) is 0.556. The molecule has 1 amide bonds. The highest BCUT2D eigenvalue weighted by molar-refractivity contribution is 5.79. The number of carbonyl (C=O) groups excluding carboxylic acids is 2. The van der Waals surface area contributed by atoms with Crippen LogP contribution in [0.1, 0.15) is 26.3 Å². The molecule has 0 aromatic heterocycles. The summed E-state index contributed by atoms with van der Waals surface area (Å²) in [5.41, 5.74) is 1.13. The number of aryl methyl sites for hydroxylation is 1. The zero-order valence-electron chi connectivity index (χ0n) is 14.8. The summed E-state index contributed by atoms with van der Waals surface area (Å²) >= 11 is 0. The average molecular weight is 337 g/mol. The van der Waals surface area contributed by atoms with Gasteiger partial charge in [0.1, 0.15) is 5.75 Å². The van der Waals surface area contributed by atoms with Crippen molar-refractivity contribution >= 4 is 11.9 Å². The van der Waals surface area contributed by atoms with E-state index in [0.717, 1.165) is 12.0 Å². The average Bonchev–Trinajstić information content (AvgIpc) is 2.57. The molecule has 0 spiro atoms. The van der Waals surface area contributed by atoms with Gasteiger partial charge in [-0.05, 0) is 31.0 Å². The second kappa shape index (κ2) is 9.93. The van der Waals surface area contributed by atoms with E-state index in [1.807, 2.05) is 25.1 Å². The first kappa shape index (κ1) is 20.0. The van der Waals surface area contributed by atoms with Gasteiger partial charge in [0.05, 0.1) is 19.1 Å². The number of amides is 1. The molecule has 0 aliphatic rings. The van der Waals surface area contributed by atoms with Crippen molar-refractivity contribution in [3.05, 3.63) is 29.8 Å². The third kappa shape index (κ3) is 6.58. The minimum Gasteiger partial charge on any atom is -0.484 e. The molecular formula is C18H27NO5. The van der Waals surface area contributed by atoms with Crippen LogP contribution in [0.25, 0.3) is 0 Å². The van der Waals surface area contributed by atoms with E-state index in [2.05, 4.69) is 4.74 Å². The first-order valence-electron chi connectivity index (χ1n) is 8.12. The fourth-order valence-corrected chi connectivity index (χ4v) is 2.29. The smallest absolute Gasteiger partial charge is 0.310 e. The molecule has 1 aromatic carbocycles. The van der Waals surface area contributed by atoms with Gasteiger partial charge in [0.2, 0.25) is 0 Å². The fourth-order valence-electron chi connectivity index (χ4n) is 2.29. The first-order valence-corrected chi connectivity index (χ1v) is 8.12. The molecule has 1 rings (SSSR count). The molecular weight excluding hydrogens is 310 g/mol. The number of aliphatic hydroxyl groups is 1. The van der Waals surface area contributed by atoms with Crippen LogP contribution in [0.15, 0.2) is 24.3 Å².